The molecule has 0 aliphatic rings. The van der Waals surface area contributed by atoms with E-state index in [9.17, 15) is 4.79 Å². The second-order valence-electron chi connectivity index (χ2n) is 3.69. The number of rotatable bonds is 8. The van der Waals surface area contributed by atoms with Crippen LogP contribution < -0.4 is 10.6 Å². The van der Waals surface area contributed by atoms with Crippen molar-refractivity contribution in [3.05, 3.63) is 36.8 Å². The average molecular weight is 310 g/mol. The first-order valence-corrected chi connectivity index (χ1v) is 7.68. The van der Waals surface area contributed by atoms with Crippen LogP contribution in [0.5, 0.6) is 0 Å². The van der Waals surface area contributed by atoms with Crippen LogP contribution in [-0.2, 0) is 11.3 Å². The van der Waals surface area contributed by atoms with Crippen LogP contribution in [0.25, 0.3) is 0 Å². The minimum atomic E-state index is -0.0461. The molecule has 2 N–H and O–H groups in total. The molecule has 8 heteroatoms. The highest BCUT2D eigenvalue weighted by Gasteiger charge is 2.07. The lowest BCUT2D eigenvalue weighted by atomic mass is 10.4. The largest absolute Gasteiger partial charge is 0.467 e. The predicted molar refractivity (Wildman–Crippen MR) is 79.9 cm³/mol. The molecule has 6 nitrogen and oxygen atoms in total. The smallest absolute Gasteiger partial charge is 0.230 e. The van der Waals surface area contributed by atoms with E-state index in [0.717, 1.165) is 10.1 Å². The maximum atomic E-state index is 11.4. The molecule has 1 amide bonds. The molecule has 0 atom stereocenters. The molecule has 0 saturated heterocycles. The molecule has 0 radical (unpaired) electrons. The van der Waals surface area contributed by atoms with Crippen molar-refractivity contribution in [3.63, 3.8) is 0 Å². The van der Waals surface area contributed by atoms with Crippen LogP contribution in [0.3, 0.4) is 0 Å². The summed E-state index contributed by atoms with van der Waals surface area (Å²) in [6.07, 6.45) is 3.27. The lowest BCUT2D eigenvalue weighted by Gasteiger charge is -1.99. The Hall–Kier alpha value is -1.80. The molecule has 106 valence electrons. The molecule has 0 aromatic carbocycles. The SMILES string of the molecule is C=CCNC(=O)CSc1nnc(NCc2ccco2)s1. The van der Waals surface area contributed by atoms with Gasteiger partial charge >= 0.3 is 0 Å². The molecule has 2 rings (SSSR count). The Morgan fingerprint density at radius 1 is 1.55 bits per heavy atom. The zero-order valence-electron chi connectivity index (χ0n) is 10.7. The van der Waals surface area contributed by atoms with Gasteiger partial charge in [-0.3, -0.25) is 4.79 Å². The van der Waals surface area contributed by atoms with Crippen LogP contribution >= 0.6 is 23.1 Å². The van der Waals surface area contributed by atoms with E-state index >= 15 is 0 Å². The molecule has 0 unspecified atom stereocenters. The van der Waals surface area contributed by atoms with E-state index in [0.29, 0.717) is 24.0 Å². The standard InChI is InChI=1S/C12H14N4O2S2/c1-2-5-13-10(17)8-19-12-16-15-11(20-12)14-7-9-4-3-6-18-9/h2-4,6H,1,5,7-8H2,(H,13,17)(H,14,15). The van der Waals surface area contributed by atoms with Crippen LogP contribution in [0.2, 0.25) is 0 Å². The fourth-order valence-electron chi connectivity index (χ4n) is 1.28. The summed E-state index contributed by atoms with van der Waals surface area (Å²) in [6.45, 7) is 4.58. The number of thioether (sulfide) groups is 1. The Kier molecular flexibility index (Phi) is 5.63. The van der Waals surface area contributed by atoms with E-state index in [-0.39, 0.29) is 5.91 Å². The summed E-state index contributed by atoms with van der Waals surface area (Å²) in [6, 6.07) is 3.72. The normalized spacial score (nSPS) is 10.2. The predicted octanol–water partition coefficient (Wildman–Crippen LogP) is 2.14. The van der Waals surface area contributed by atoms with Gasteiger partial charge < -0.3 is 15.1 Å². The Balaban J connectivity index is 1.74. The van der Waals surface area contributed by atoms with Crippen molar-refractivity contribution >= 4 is 34.1 Å². The van der Waals surface area contributed by atoms with Crippen LogP contribution in [-0.4, -0.2) is 28.4 Å². The van der Waals surface area contributed by atoms with E-state index in [1.165, 1.54) is 23.1 Å². The van der Waals surface area contributed by atoms with E-state index in [4.69, 9.17) is 4.42 Å². The quantitative estimate of drug-likeness (QED) is 0.574. The maximum Gasteiger partial charge on any atom is 0.230 e. The van der Waals surface area contributed by atoms with Crippen molar-refractivity contribution in [2.24, 2.45) is 0 Å². The number of nitrogens with one attached hydrogen (secondary N) is 2. The van der Waals surface area contributed by atoms with Gasteiger partial charge in [-0.1, -0.05) is 29.2 Å². The van der Waals surface area contributed by atoms with Crippen LogP contribution in [0.1, 0.15) is 5.76 Å². The summed E-state index contributed by atoms with van der Waals surface area (Å²) in [4.78, 5) is 11.4. The first-order chi connectivity index (χ1) is 9.78. The number of amides is 1. The summed E-state index contributed by atoms with van der Waals surface area (Å²) in [7, 11) is 0. The minimum Gasteiger partial charge on any atom is -0.467 e. The number of anilines is 1. The maximum absolute atomic E-state index is 11.4. The van der Waals surface area contributed by atoms with Crippen LogP contribution in [0, 0.1) is 0 Å². The summed E-state index contributed by atoms with van der Waals surface area (Å²) < 4.78 is 5.96. The first kappa shape index (κ1) is 14.6. The average Bonchev–Trinajstić information content (AvgIpc) is 3.11. The lowest BCUT2D eigenvalue weighted by molar-refractivity contribution is -0.118. The number of aromatic nitrogens is 2. The van der Waals surface area contributed by atoms with Gasteiger partial charge in [-0.2, -0.15) is 0 Å². The molecular weight excluding hydrogens is 296 g/mol. The second-order valence-corrected chi connectivity index (χ2v) is 5.89. The van der Waals surface area contributed by atoms with Gasteiger partial charge in [0.2, 0.25) is 11.0 Å². The first-order valence-electron chi connectivity index (χ1n) is 5.88. The van der Waals surface area contributed by atoms with Crippen molar-refractivity contribution in [2.75, 3.05) is 17.6 Å². The third-order valence-corrected chi connectivity index (χ3v) is 4.18. The van der Waals surface area contributed by atoms with E-state index in [2.05, 4.69) is 27.4 Å². The number of hydrogen-bond acceptors (Lipinski definition) is 7. The lowest BCUT2D eigenvalue weighted by Crippen LogP contribution is -2.24. The highest BCUT2D eigenvalue weighted by molar-refractivity contribution is 8.01. The van der Waals surface area contributed by atoms with Crippen molar-refractivity contribution in [3.8, 4) is 0 Å². The molecule has 20 heavy (non-hydrogen) atoms. The van der Waals surface area contributed by atoms with Gasteiger partial charge in [0.15, 0.2) is 4.34 Å². The molecule has 2 aromatic heterocycles. The molecule has 0 aliphatic heterocycles. The van der Waals surface area contributed by atoms with Crippen LogP contribution in [0.4, 0.5) is 5.13 Å². The van der Waals surface area contributed by atoms with Crippen molar-refractivity contribution in [1.82, 2.24) is 15.5 Å². The van der Waals surface area contributed by atoms with E-state index in [1.807, 2.05) is 12.1 Å². The van der Waals surface area contributed by atoms with Crippen molar-refractivity contribution in [2.45, 2.75) is 10.9 Å². The number of carbonyl (C=O) groups is 1. The van der Waals surface area contributed by atoms with Crippen molar-refractivity contribution < 1.29 is 9.21 Å². The highest BCUT2D eigenvalue weighted by Crippen LogP contribution is 2.25. The highest BCUT2D eigenvalue weighted by atomic mass is 32.2. The van der Waals surface area contributed by atoms with Gasteiger partial charge in [-0.05, 0) is 12.1 Å². The van der Waals surface area contributed by atoms with Gasteiger partial charge in [0.1, 0.15) is 5.76 Å². The Labute approximate surface area is 124 Å². The summed E-state index contributed by atoms with van der Waals surface area (Å²) in [5.41, 5.74) is 0. The molecule has 0 saturated carbocycles. The van der Waals surface area contributed by atoms with Gasteiger partial charge in [0.25, 0.3) is 0 Å². The molecule has 0 spiro atoms. The molecule has 0 aliphatic carbocycles. The van der Waals surface area contributed by atoms with Gasteiger partial charge in [-0.25, -0.2) is 0 Å². The van der Waals surface area contributed by atoms with Crippen LogP contribution in [0.15, 0.2) is 39.8 Å². The summed E-state index contributed by atoms with van der Waals surface area (Å²) in [5, 5.41) is 14.5. The zero-order valence-corrected chi connectivity index (χ0v) is 12.3. The monoisotopic (exact) mass is 310 g/mol. The third-order valence-electron chi connectivity index (χ3n) is 2.17. The zero-order chi connectivity index (χ0) is 14.2. The number of carbonyl (C=O) groups excluding carboxylic acids is 1. The summed E-state index contributed by atoms with van der Waals surface area (Å²) in [5.74, 6) is 1.11. The Morgan fingerprint density at radius 2 is 2.45 bits per heavy atom. The third kappa shape index (κ3) is 4.71. The second kappa shape index (κ2) is 7.71. The topological polar surface area (TPSA) is 80.0 Å². The van der Waals surface area contributed by atoms with Gasteiger partial charge in [0, 0.05) is 6.54 Å². The number of furan rings is 1. The molecule has 2 aromatic rings. The van der Waals surface area contributed by atoms with E-state index < -0.39 is 0 Å². The molecular formula is C12H14N4O2S2. The Morgan fingerprint density at radius 3 is 3.20 bits per heavy atom. The minimum absolute atomic E-state index is 0.0461. The summed E-state index contributed by atoms with van der Waals surface area (Å²) >= 11 is 2.77. The fourth-order valence-corrected chi connectivity index (χ4v) is 2.86. The van der Waals surface area contributed by atoms with E-state index in [1.54, 1.807) is 12.3 Å². The molecule has 0 bridgehead atoms. The van der Waals surface area contributed by atoms with Gasteiger partial charge in [-0.15, -0.1) is 16.8 Å². The molecule has 2 heterocycles. The van der Waals surface area contributed by atoms with Crippen molar-refractivity contribution in [1.29, 1.82) is 0 Å². The molecule has 0 fully saturated rings. The van der Waals surface area contributed by atoms with Gasteiger partial charge in [0.05, 0.1) is 18.6 Å². The fraction of sp³-hybridized carbons (Fsp3) is 0.250. The number of nitrogens with zero attached hydrogens (tertiary/aromatic N) is 2. The Bertz CT molecular complexity index is 554. The number of hydrogen-bond donors (Lipinski definition) is 2.